The lowest BCUT2D eigenvalue weighted by molar-refractivity contribution is 0.0110. The Morgan fingerprint density at radius 3 is 1.92 bits per heavy atom. The molecule has 13 heavy (non-hydrogen) atoms. The Balaban J connectivity index is 2.58. The normalized spacial score (nSPS) is 37.8. The van der Waals surface area contributed by atoms with Gasteiger partial charge < -0.3 is 9.84 Å². The summed E-state index contributed by atoms with van der Waals surface area (Å²) in [5, 5.41) is 9.29. The van der Waals surface area contributed by atoms with Crippen LogP contribution in [0.2, 0.25) is 0 Å². The van der Waals surface area contributed by atoms with E-state index in [0.717, 1.165) is 22.3 Å². The average Bonchev–Trinajstić information content (AvgIpc) is 2.53. The van der Waals surface area contributed by atoms with Gasteiger partial charge >= 0.3 is 0 Å². The topological polar surface area (TPSA) is 29.5 Å². The minimum absolute atomic E-state index is 0.140. The van der Waals surface area contributed by atoms with E-state index < -0.39 is 5.60 Å². The van der Waals surface area contributed by atoms with Crippen molar-refractivity contribution in [1.29, 1.82) is 0 Å². The average molecular weight is 176 g/mol. The van der Waals surface area contributed by atoms with Crippen LogP contribution in [0.15, 0.2) is 48.6 Å². The zero-order valence-electron chi connectivity index (χ0n) is 7.47. The third kappa shape index (κ3) is 0.705. The van der Waals surface area contributed by atoms with E-state index in [0.29, 0.717) is 0 Å². The lowest BCUT2D eigenvalue weighted by Gasteiger charge is -2.27. The maximum absolute atomic E-state index is 9.29. The fraction of sp³-hybridized carbons (Fsp3) is 0.273. The second-order valence-electron chi connectivity index (χ2n) is 3.49. The SMILES string of the molecule is C=C1C(=C)C2(CO)OC1C(=C)C2=C. The van der Waals surface area contributed by atoms with Gasteiger partial charge in [-0.15, -0.1) is 0 Å². The molecule has 2 heterocycles. The molecule has 0 unspecified atom stereocenters. The van der Waals surface area contributed by atoms with Gasteiger partial charge in [0, 0.05) is 0 Å². The molecule has 1 N–H and O–H groups in total. The van der Waals surface area contributed by atoms with E-state index in [2.05, 4.69) is 26.3 Å². The summed E-state index contributed by atoms with van der Waals surface area (Å²) in [6, 6.07) is 0. The maximum Gasteiger partial charge on any atom is 0.142 e. The van der Waals surface area contributed by atoms with Crippen molar-refractivity contribution in [2.45, 2.75) is 11.7 Å². The van der Waals surface area contributed by atoms with Gasteiger partial charge in [0.2, 0.25) is 0 Å². The molecule has 0 aliphatic carbocycles. The van der Waals surface area contributed by atoms with Gasteiger partial charge in [-0.2, -0.15) is 0 Å². The predicted molar refractivity (Wildman–Crippen MR) is 51.2 cm³/mol. The fourth-order valence-corrected chi connectivity index (χ4v) is 1.94. The molecular formula is C11H12O2. The Labute approximate surface area is 77.5 Å². The number of rotatable bonds is 1. The molecule has 2 heteroatoms. The van der Waals surface area contributed by atoms with Crippen LogP contribution in [0, 0.1) is 0 Å². The van der Waals surface area contributed by atoms with E-state index in [4.69, 9.17) is 4.74 Å². The summed E-state index contributed by atoms with van der Waals surface area (Å²) in [4.78, 5) is 0. The van der Waals surface area contributed by atoms with Gasteiger partial charge in [0.05, 0.1) is 6.61 Å². The smallest absolute Gasteiger partial charge is 0.142 e. The highest BCUT2D eigenvalue weighted by molar-refractivity contribution is 5.64. The van der Waals surface area contributed by atoms with E-state index >= 15 is 0 Å². The number of aliphatic hydroxyl groups is 1. The van der Waals surface area contributed by atoms with Gasteiger partial charge in [0.1, 0.15) is 11.7 Å². The largest absolute Gasteiger partial charge is 0.393 e. The van der Waals surface area contributed by atoms with E-state index in [9.17, 15) is 5.11 Å². The van der Waals surface area contributed by atoms with Gasteiger partial charge in [-0.25, -0.2) is 0 Å². The summed E-state index contributed by atoms with van der Waals surface area (Å²) < 4.78 is 5.61. The summed E-state index contributed by atoms with van der Waals surface area (Å²) in [5.74, 6) is 0. The van der Waals surface area contributed by atoms with Gasteiger partial charge in [-0.3, -0.25) is 0 Å². The highest BCUT2D eigenvalue weighted by atomic mass is 16.5. The van der Waals surface area contributed by atoms with E-state index in [-0.39, 0.29) is 12.7 Å². The zero-order valence-corrected chi connectivity index (χ0v) is 7.47. The van der Waals surface area contributed by atoms with Crippen LogP contribution in [0.3, 0.4) is 0 Å². The van der Waals surface area contributed by atoms with Gasteiger partial charge in [0.15, 0.2) is 0 Å². The monoisotopic (exact) mass is 176 g/mol. The second kappa shape index (κ2) is 2.22. The molecule has 0 saturated carbocycles. The number of ether oxygens (including phenoxy) is 1. The molecule has 2 nitrogen and oxygen atoms in total. The van der Waals surface area contributed by atoms with Crippen LogP contribution >= 0.6 is 0 Å². The Kier molecular flexibility index (Phi) is 1.45. The second-order valence-corrected chi connectivity index (χ2v) is 3.49. The quantitative estimate of drug-likeness (QED) is 0.653. The summed E-state index contributed by atoms with van der Waals surface area (Å²) in [7, 11) is 0. The third-order valence-electron chi connectivity index (χ3n) is 2.92. The van der Waals surface area contributed by atoms with Crippen molar-refractivity contribution >= 4 is 0 Å². The minimum Gasteiger partial charge on any atom is -0.393 e. The van der Waals surface area contributed by atoms with Crippen molar-refractivity contribution in [3.8, 4) is 0 Å². The van der Waals surface area contributed by atoms with Crippen LogP contribution in [0.5, 0.6) is 0 Å². The van der Waals surface area contributed by atoms with Crippen molar-refractivity contribution in [3.63, 3.8) is 0 Å². The third-order valence-corrected chi connectivity index (χ3v) is 2.92. The lowest BCUT2D eigenvalue weighted by atomic mass is 9.77. The Bertz CT molecular complexity index is 321. The van der Waals surface area contributed by atoms with Crippen LogP contribution in [0.25, 0.3) is 0 Å². The zero-order chi connectivity index (χ0) is 9.80. The highest BCUT2D eigenvalue weighted by Crippen LogP contribution is 2.53. The molecule has 0 atom stereocenters. The first kappa shape index (κ1) is 8.48. The molecule has 0 radical (unpaired) electrons. The predicted octanol–water partition coefficient (Wildman–Crippen LogP) is 1.35. The van der Waals surface area contributed by atoms with Crippen molar-refractivity contribution in [3.05, 3.63) is 48.6 Å². The van der Waals surface area contributed by atoms with E-state index in [1.54, 1.807) is 0 Å². The lowest BCUT2D eigenvalue weighted by Crippen LogP contribution is -2.33. The minimum atomic E-state index is -0.821. The van der Waals surface area contributed by atoms with E-state index in [1.165, 1.54) is 0 Å². The standard InChI is InChI=1S/C11H12O2/c1-6-8(3)11(5-12)9(4)7(2)10(6)13-11/h10,12H,1-5H2. The maximum atomic E-state index is 9.29. The number of hydrogen-bond acceptors (Lipinski definition) is 2. The van der Waals surface area contributed by atoms with Crippen LogP contribution in [0.4, 0.5) is 0 Å². The molecule has 68 valence electrons. The Morgan fingerprint density at radius 2 is 1.62 bits per heavy atom. The van der Waals surface area contributed by atoms with Crippen LogP contribution < -0.4 is 0 Å². The molecule has 2 saturated heterocycles. The fourth-order valence-electron chi connectivity index (χ4n) is 1.94. The van der Waals surface area contributed by atoms with Crippen molar-refractivity contribution in [2.75, 3.05) is 6.61 Å². The molecular weight excluding hydrogens is 164 g/mol. The molecule has 2 bridgehead atoms. The Morgan fingerprint density at radius 1 is 1.15 bits per heavy atom. The first-order valence-electron chi connectivity index (χ1n) is 4.10. The molecule has 0 spiro atoms. The van der Waals surface area contributed by atoms with E-state index in [1.807, 2.05) is 0 Å². The molecule has 2 rings (SSSR count). The van der Waals surface area contributed by atoms with Crippen LogP contribution in [-0.4, -0.2) is 23.4 Å². The Hall–Kier alpha value is -1.12. The van der Waals surface area contributed by atoms with Gasteiger partial charge in [-0.1, -0.05) is 26.3 Å². The number of aliphatic hydroxyl groups excluding tert-OH is 1. The van der Waals surface area contributed by atoms with Crippen LogP contribution in [-0.2, 0) is 4.74 Å². The number of fused-ring (bicyclic) bond motifs is 2. The molecule has 0 aromatic heterocycles. The van der Waals surface area contributed by atoms with Gasteiger partial charge in [-0.05, 0) is 22.3 Å². The summed E-state index contributed by atoms with van der Waals surface area (Å²) in [6.07, 6.45) is -0.216. The summed E-state index contributed by atoms with van der Waals surface area (Å²) >= 11 is 0. The molecule has 2 aliphatic rings. The summed E-state index contributed by atoms with van der Waals surface area (Å²) in [5.41, 5.74) is 2.27. The van der Waals surface area contributed by atoms with Crippen LogP contribution in [0.1, 0.15) is 0 Å². The molecule has 2 aliphatic heterocycles. The first-order chi connectivity index (χ1) is 6.04. The van der Waals surface area contributed by atoms with Crippen molar-refractivity contribution < 1.29 is 9.84 Å². The molecule has 0 aromatic carbocycles. The van der Waals surface area contributed by atoms with Gasteiger partial charge in [0.25, 0.3) is 0 Å². The van der Waals surface area contributed by atoms with Crippen molar-refractivity contribution in [1.82, 2.24) is 0 Å². The van der Waals surface area contributed by atoms with Crippen molar-refractivity contribution in [2.24, 2.45) is 0 Å². The molecule has 2 fully saturated rings. The molecule has 0 amide bonds. The number of hydrogen-bond donors (Lipinski definition) is 1. The summed E-state index contributed by atoms with van der Waals surface area (Å²) in [6.45, 7) is 15.3. The molecule has 0 aromatic rings. The first-order valence-corrected chi connectivity index (χ1v) is 4.10. The highest BCUT2D eigenvalue weighted by Gasteiger charge is 2.55.